The highest BCUT2D eigenvalue weighted by Gasteiger charge is 2.30. The van der Waals surface area contributed by atoms with E-state index in [1.54, 1.807) is 6.07 Å². The molecule has 3 rings (SSSR count). The van der Waals surface area contributed by atoms with Gasteiger partial charge in [0.25, 0.3) is 0 Å². The van der Waals surface area contributed by atoms with Crippen LogP contribution in [0.2, 0.25) is 10.0 Å². The van der Waals surface area contributed by atoms with Gasteiger partial charge in [0.05, 0.1) is 18.8 Å². The van der Waals surface area contributed by atoms with Crippen molar-refractivity contribution in [3.63, 3.8) is 0 Å². The maximum absolute atomic E-state index is 10.1. The molecule has 0 saturated carbocycles. The van der Waals surface area contributed by atoms with Crippen LogP contribution in [-0.4, -0.2) is 29.0 Å². The Morgan fingerprint density at radius 1 is 1.04 bits per heavy atom. The summed E-state index contributed by atoms with van der Waals surface area (Å²) < 4.78 is 11.5. The molecule has 6 heteroatoms. The van der Waals surface area contributed by atoms with Crippen molar-refractivity contribution in [3.05, 3.63) is 63.6 Å². The van der Waals surface area contributed by atoms with E-state index in [0.717, 1.165) is 11.1 Å². The Hall–Kier alpha value is -1.30. The third-order valence-corrected chi connectivity index (χ3v) is 4.65. The van der Waals surface area contributed by atoms with Gasteiger partial charge in [0.1, 0.15) is 18.5 Å². The Morgan fingerprint density at radius 3 is 2.36 bits per heavy atom. The highest BCUT2D eigenvalue weighted by atomic mass is 35.5. The highest BCUT2D eigenvalue weighted by Crippen LogP contribution is 2.32. The average Bonchev–Trinajstić information content (AvgIpc) is 2.60. The summed E-state index contributed by atoms with van der Waals surface area (Å²) in [6.07, 6.45) is 0.0630. The van der Waals surface area contributed by atoms with Crippen LogP contribution >= 0.6 is 23.2 Å². The molecule has 0 aromatic heterocycles. The zero-order valence-corrected chi connectivity index (χ0v) is 15.1. The van der Waals surface area contributed by atoms with Crippen LogP contribution in [0, 0.1) is 0 Å². The van der Waals surface area contributed by atoms with Crippen molar-refractivity contribution < 1.29 is 19.7 Å². The second-order valence-corrected chi connectivity index (χ2v) is 7.01. The Kier molecular flexibility index (Phi) is 6.20. The molecule has 134 valence electrons. The Balaban J connectivity index is 1.63. The van der Waals surface area contributed by atoms with Crippen molar-refractivity contribution in [1.82, 2.24) is 0 Å². The van der Waals surface area contributed by atoms with Gasteiger partial charge in [-0.1, -0.05) is 35.3 Å². The SMILES string of the molecule is OCC1CCC(O)[C@@H](c2ccc(OCc3cc(Cl)cc(Cl)c3)cc2)O1. The van der Waals surface area contributed by atoms with Crippen molar-refractivity contribution in [2.75, 3.05) is 6.61 Å². The first kappa shape index (κ1) is 18.5. The number of rotatable bonds is 5. The minimum Gasteiger partial charge on any atom is -0.489 e. The van der Waals surface area contributed by atoms with E-state index >= 15 is 0 Å². The van der Waals surface area contributed by atoms with Gasteiger partial charge in [-0.25, -0.2) is 0 Å². The second-order valence-electron chi connectivity index (χ2n) is 6.14. The Bertz CT molecular complexity index is 685. The third-order valence-electron chi connectivity index (χ3n) is 4.21. The average molecular weight is 383 g/mol. The lowest BCUT2D eigenvalue weighted by Gasteiger charge is -2.33. The molecule has 0 spiro atoms. The lowest BCUT2D eigenvalue weighted by atomic mass is 9.96. The van der Waals surface area contributed by atoms with Gasteiger partial charge in [-0.05, 0) is 54.3 Å². The fourth-order valence-electron chi connectivity index (χ4n) is 2.92. The molecule has 1 aliphatic rings. The van der Waals surface area contributed by atoms with Gasteiger partial charge in [0.15, 0.2) is 0 Å². The molecule has 1 fully saturated rings. The number of hydrogen-bond donors (Lipinski definition) is 2. The summed E-state index contributed by atoms with van der Waals surface area (Å²) in [5.74, 6) is 0.698. The van der Waals surface area contributed by atoms with Gasteiger partial charge < -0.3 is 19.7 Å². The van der Waals surface area contributed by atoms with Crippen molar-refractivity contribution in [3.8, 4) is 5.75 Å². The topological polar surface area (TPSA) is 58.9 Å². The van der Waals surface area contributed by atoms with Crippen molar-refractivity contribution >= 4 is 23.2 Å². The summed E-state index contributed by atoms with van der Waals surface area (Å²) in [5, 5.41) is 20.5. The van der Waals surface area contributed by atoms with E-state index in [9.17, 15) is 10.2 Å². The number of hydrogen-bond acceptors (Lipinski definition) is 4. The summed E-state index contributed by atoms with van der Waals surface area (Å²) in [5.41, 5.74) is 1.75. The zero-order chi connectivity index (χ0) is 17.8. The molecule has 1 aliphatic heterocycles. The zero-order valence-electron chi connectivity index (χ0n) is 13.6. The van der Waals surface area contributed by atoms with Crippen LogP contribution < -0.4 is 4.74 Å². The lowest BCUT2D eigenvalue weighted by molar-refractivity contribution is -0.132. The van der Waals surface area contributed by atoms with E-state index in [1.807, 2.05) is 36.4 Å². The maximum Gasteiger partial charge on any atom is 0.119 e. The second kappa shape index (κ2) is 8.39. The van der Waals surface area contributed by atoms with Gasteiger partial charge >= 0.3 is 0 Å². The molecule has 2 aromatic carbocycles. The van der Waals surface area contributed by atoms with E-state index in [2.05, 4.69) is 0 Å². The van der Waals surface area contributed by atoms with Gasteiger partial charge in [0, 0.05) is 10.0 Å². The summed E-state index contributed by atoms with van der Waals surface area (Å²) in [7, 11) is 0. The highest BCUT2D eigenvalue weighted by molar-refractivity contribution is 6.34. The van der Waals surface area contributed by atoms with Crippen LogP contribution in [0.4, 0.5) is 0 Å². The first-order chi connectivity index (χ1) is 12.0. The Labute approximate surface area is 156 Å². The number of benzene rings is 2. The summed E-state index contributed by atoms with van der Waals surface area (Å²) in [6, 6.07) is 12.7. The summed E-state index contributed by atoms with van der Waals surface area (Å²) >= 11 is 12.0. The van der Waals surface area contributed by atoms with Crippen LogP contribution in [0.15, 0.2) is 42.5 Å². The first-order valence-electron chi connectivity index (χ1n) is 8.17. The molecule has 3 atom stereocenters. The predicted molar refractivity (Wildman–Crippen MR) is 97.2 cm³/mol. The molecule has 2 aromatic rings. The summed E-state index contributed by atoms with van der Waals surface area (Å²) in [4.78, 5) is 0. The van der Waals surface area contributed by atoms with Crippen LogP contribution in [-0.2, 0) is 11.3 Å². The maximum atomic E-state index is 10.1. The van der Waals surface area contributed by atoms with Gasteiger partial charge in [-0.2, -0.15) is 0 Å². The molecular weight excluding hydrogens is 363 g/mol. The van der Waals surface area contributed by atoms with Gasteiger partial charge in [-0.3, -0.25) is 0 Å². The number of ether oxygens (including phenoxy) is 2. The minimum absolute atomic E-state index is 0.0351. The van der Waals surface area contributed by atoms with E-state index in [4.69, 9.17) is 32.7 Å². The van der Waals surface area contributed by atoms with Crippen LogP contribution in [0.5, 0.6) is 5.75 Å². The number of halogens is 2. The van der Waals surface area contributed by atoms with Crippen molar-refractivity contribution in [2.24, 2.45) is 0 Å². The quantitative estimate of drug-likeness (QED) is 0.815. The minimum atomic E-state index is -0.567. The molecule has 0 bridgehead atoms. The molecule has 0 aliphatic carbocycles. The van der Waals surface area contributed by atoms with Gasteiger partial charge in [-0.15, -0.1) is 0 Å². The summed E-state index contributed by atoms with van der Waals surface area (Å²) in [6.45, 7) is 0.321. The molecule has 4 nitrogen and oxygen atoms in total. The fourth-order valence-corrected chi connectivity index (χ4v) is 3.50. The predicted octanol–water partition coefficient (Wildman–Crippen LogP) is 4.15. The van der Waals surface area contributed by atoms with Crippen molar-refractivity contribution in [1.29, 1.82) is 0 Å². The molecule has 2 N–H and O–H groups in total. The first-order valence-corrected chi connectivity index (χ1v) is 8.93. The van der Waals surface area contributed by atoms with Gasteiger partial charge in [0.2, 0.25) is 0 Å². The van der Waals surface area contributed by atoms with E-state index < -0.39 is 12.2 Å². The largest absolute Gasteiger partial charge is 0.489 e. The van der Waals surface area contributed by atoms with Crippen LogP contribution in [0.25, 0.3) is 0 Å². The Morgan fingerprint density at radius 2 is 1.72 bits per heavy atom. The van der Waals surface area contributed by atoms with E-state index in [-0.39, 0.29) is 12.7 Å². The van der Waals surface area contributed by atoms with E-state index in [0.29, 0.717) is 35.2 Å². The monoisotopic (exact) mass is 382 g/mol. The molecule has 2 unspecified atom stereocenters. The third kappa shape index (κ3) is 4.87. The number of aliphatic hydroxyl groups is 2. The molecule has 1 heterocycles. The normalized spacial score (nSPS) is 23.4. The molecule has 0 radical (unpaired) electrons. The molecular formula is C19H20Cl2O4. The van der Waals surface area contributed by atoms with Crippen LogP contribution in [0.3, 0.4) is 0 Å². The lowest BCUT2D eigenvalue weighted by Crippen LogP contribution is -2.34. The number of aliphatic hydroxyl groups excluding tert-OH is 2. The molecule has 1 saturated heterocycles. The molecule has 0 amide bonds. The fraction of sp³-hybridized carbons (Fsp3) is 0.368. The smallest absolute Gasteiger partial charge is 0.119 e. The standard InChI is InChI=1S/C19H20Cl2O4/c20-14-7-12(8-15(21)9-14)11-24-16-3-1-13(2-4-16)19-18(23)6-5-17(10-22)25-19/h1-4,7-9,17-19,22-23H,5-6,10-11H2/t17?,18?,19-/m1/s1. The van der Waals surface area contributed by atoms with Crippen LogP contribution in [0.1, 0.15) is 30.1 Å². The molecule has 25 heavy (non-hydrogen) atoms. The van der Waals surface area contributed by atoms with Crippen molar-refractivity contribution in [2.45, 2.75) is 37.8 Å². The van der Waals surface area contributed by atoms with E-state index in [1.165, 1.54) is 0 Å².